The summed E-state index contributed by atoms with van der Waals surface area (Å²) in [5.41, 5.74) is 1.13. The highest BCUT2D eigenvalue weighted by atomic mass is 79.9. The van der Waals surface area contributed by atoms with Crippen LogP contribution in [-0.2, 0) is 6.54 Å². The van der Waals surface area contributed by atoms with Crippen LogP contribution in [0.3, 0.4) is 0 Å². The van der Waals surface area contributed by atoms with E-state index in [1.807, 2.05) is 12.1 Å². The van der Waals surface area contributed by atoms with Gasteiger partial charge in [-0.15, -0.1) is 0 Å². The first-order valence-electron chi connectivity index (χ1n) is 5.56. The van der Waals surface area contributed by atoms with E-state index in [0.29, 0.717) is 16.4 Å². The Bertz CT molecular complexity index is 352. The molecule has 0 radical (unpaired) electrons. The average Bonchev–Trinajstić information content (AvgIpc) is 2.22. The maximum absolute atomic E-state index is 13.1. The zero-order valence-corrected chi connectivity index (χ0v) is 11.9. The summed E-state index contributed by atoms with van der Waals surface area (Å²) in [6.07, 6.45) is 0. The van der Waals surface area contributed by atoms with E-state index in [1.54, 1.807) is 0 Å². The van der Waals surface area contributed by atoms with Crippen molar-refractivity contribution in [2.24, 2.45) is 5.92 Å². The highest BCUT2D eigenvalue weighted by Crippen LogP contribution is 2.19. The summed E-state index contributed by atoms with van der Waals surface area (Å²) in [4.78, 5) is 2.28. The van der Waals surface area contributed by atoms with E-state index in [9.17, 15) is 4.39 Å². The molecule has 0 aliphatic carbocycles. The standard InChI is InChI=1S/C13H19BrFN/c1-9(2)10(3)16(4)8-11-5-6-13(15)12(14)7-11/h5-7,9-10H,8H2,1-4H3. The van der Waals surface area contributed by atoms with Crippen molar-refractivity contribution in [3.05, 3.63) is 34.1 Å². The molecular formula is C13H19BrFN. The molecule has 0 aliphatic heterocycles. The number of halogens is 2. The second-order valence-electron chi connectivity index (χ2n) is 4.65. The molecule has 3 heteroatoms. The first kappa shape index (κ1) is 13.7. The summed E-state index contributed by atoms with van der Waals surface area (Å²) in [6.45, 7) is 7.48. The third-order valence-electron chi connectivity index (χ3n) is 3.08. The fraction of sp³-hybridized carbons (Fsp3) is 0.538. The van der Waals surface area contributed by atoms with Crippen LogP contribution in [0.25, 0.3) is 0 Å². The molecule has 0 fully saturated rings. The molecule has 0 bridgehead atoms. The van der Waals surface area contributed by atoms with Crippen molar-refractivity contribution >= 4 is 15.9 Å². The van der Waals surface area contributed by atoms with Gasteiger partial charge in [-0.25, -0.2) is 4.39 Å². The summed E-state index contributed by atoms with van der Waals surface area (Å²) >= 11 is 3.21. The number of benzene rings is 1. The molecular weight excluding hydrogens is 269 g/mol. The van der Waals surface area contributed by atoms with E-state index >= 15 is 0 Å². The van der Waals surface area contributed by atoms with Gasteiger partial charge >= 0.3 is 0 Å². The molecule has 0 aromatic heterocycles. The molecule has 1 nitrogen and oxygen atoms in total. The second kappa shape index (κ2) is 5.78. The van der Waals surface area contributed by atoms with E-state index in [0.717, 1.165) is 12.1 Å². The predicted molar refractivity (Wildman–Crippen MR) is 69.9 cm³/mol. The summed E-state index contributed by atoms with van der Waals surface area (Å²) in [5.74, 6) is 0.414. The van der Waals surface area contributed by atoms with Gasteiger partial charge in [-0.3, -0.25) is 4.90 Å². The van der Waals surface area contributed by atoms with Crippen LogP contribution in [0.5, 0.6) is 0 Å². The Morgan fingerprint density at radius 2 is 1.94 bits per heavy atom. The highest BCUT2D eigenvalue weighted by Gasteiger charge is 2.13. The Hall–Kier alpha value is -0.410. The van der Waals surface area contributed by atoms with Gasteiger partial charge in [0.1, 0.15) is 5.82 Å². The summed E-state index contributed by atoms with van der Waals surface area (Å²) in [5, 5.41) is 0. The quantitative estimate of drug-likeness (QED) is 0.807. The first-order valence-corrected chi connectivity index (χ1v) is 6.35. The Balaban J connectivity index is 2.69. The van der Waals surface area contributed by atoms with Crippen molar-refractivity contribution in [1.82, 2.24) is 4.90 Å². The van der Waals surface area contributed by atoms with Gasteiger partial charge in [-0.1, -0.05) is 19.9 Å². The van der Waals surface area contributed by atoms with Crippen LogP contribution in [0, 0.1) is 11.7 Å². The largest absolute Gasteiger partial charge is 0.299 e. The topological polar surface area (TPSA) is 3.24 Å². The van der Waals surface area contributed by atoms with Crippen molar-refractivity contribution in [1.29, 1.82) is 0 Å². The Kier molecular flexibility index (Phi) is 4.93. The van der Waals surface area contributed by atoms with Crippen LogP contribution in [0.1, 0.15) is 26.3 Å². The van der Waals surface area contributed by atoms with Gasteiger partial charge in [-0.05, 0) is 53.5 Å². The minimum atomic E-state index is -0.205. The lowest BCUT2D eigenvalue weighted by atomic mass is 10.0. The van der Waals surface area contributed by atoms with Gasteiger partial charge in [0, 0.05) is 12.6 Å². The van der Waals surface area contributed by atoms with Crippen molar-refractivity contribution in [3.8, 4) is 0 Å². The maximum Gasteiger partial charge on any atom is 0.137 e. The fourth-order valence-electron chi connectivity index (χ4n) is 1.58. The first-order chi connectivity index (χ1) is 7.41. The lowest BCUT2D eigenvalue weighted by molar-refractivity contribution is 0.200. The second-order valence-corrected chi connectivity index (χ2v) is 5.50. The van der Waals surface area contributed by atoms with E-state index < -0.39 is 0 Å². The zero-order chi connectivity index (χ0) is 12.3. The van der Waals surface area contributed by atoms with Crippen LogP contribution >= 0.6 is 15.9 Å². The third kappa shape index (κ3) is 3.56. The van der Waals surface area contributed by atoms with Gasteiger partial charge < -0.3 is 0 Å². The van der Waals surface area contributed by atoms with E-state index in [2.05, 4.69) is 48.6 Å². The normalized spacial score (nSPS) is 13.5. The van der Waals surface area contributed by atoms with E-state index in [4.69, 9.17) is 0 Å². The molecule has 0 amide bonds. The minimum absolute atomic E-state index is 0.205. The molecule has 1 rings (SSSR count). The Morgan fingerprint density at radius 1 is 1.31 bits per heavy atom. The molecule has 1 aromatic rings. The fourth-order valence-corrected chi connectivity index (χ4v) is 2.01. The lowest BCUT2D eigenvalue weighted by Crippen LogP contribution is -2.32. The van der Waals surface area contributed by atoms with Crippen molar-refractivity contribution in [2.75, 3.05) is 7.05 Å². The van der Waals surface area contributed by atoms with Crippen LogP contribution < -0.4 is 0 Å². The molecule has 90 valence electrons. The minimum Gasteiger partial charge on any atom is -0.299 e. The average molecular weight is 288 g/mol. The van der Waals surface area contributed by atoms with E-state index in [1.165, 1.54) is 6.07 Å². The zero-order valence-electron chi connectivity index (χ0n) is 10.3. The molecule has 0 N–H and O–H groups in total. The van der Waals surface area contributed by atoms with Gasteiger partial charge in [0.25, 0.3) is 0 Å². The summed E-state index contributed by atoms with van der Waals surface area (Å²) in [6, 6.07) is 5.71. The number of rotatable bonds is 4. The molecule has 0 spiro atoms. The van der Waals surface area contributed by atoms with Crippen LogP contribution in [0.2, 0.25) is 0 Å². The molecule has 1 atom stereocenters. The monoisotopic (exact) mass is 287 g/mol. The van der Waals surface area contributed by atoms with Crippen LogP contribution in [0.4, 0.5) is 4.39 Å². The van der Waals surface area contributed by atoms with Gasteiger partial charge in [-0.2, -0.15) is 0 Å². The van der Waals surface area contributed by atoms with Crippen LogP contribution in [-0.4, -0.2) is 18.0 Å². The van der Waals surface area contributed by atoms with Crippen molar-refractivity contribution < 1.29 is 4.39 Å². The molecule has 1 aromatic carbocycles. The van der Waals surface area contributed by atoms with Crippen molar-refractivity contribution in [2.45, 2.75) is 33.4 Å². The Morgan fingerprint density at radius 3 is 2.44 bits per heavy atom. The molecule has 0 saturated carbocycles. The Labute approximate surface area is 106 Å². The number of hydrogen-bond acceptors (Lipinski definition) is 1. The van der Waals surface area contributed by atoms with E-state index in [-0.39, 0.29) is 5.82 Å². The van der Waals surface area contributed by atoms with Crippen molar-refractivity contribution in [3.63, 3.8) is 0 Å². The molecule has 1 unspecified atom stereocenters. The number of hydrogen-bond donors (Lipinski definition) is 0. The van der Waals surface area contributed by atoms with Crippen LogP contribution in [0.15, 0.2) is 22.7 Å². The molecule has 0 saturated heterocycles. The van der Waals surface area contributed by atoms with Gasteiger partial charge in [0.05, 0.1) is 4.47 Å². The van der Waals surface area contributed by atoms with Gasteiger partial charge in [0.15, 0.2) is 0 Å². The predicted octanol–water partition coefficient (Wildman–Crippen LogP) is 4.06. The maximum atomic E-state index is 13.1. The SMILES string of the molecule is CC(C)C(C)N(C)Cc1ccc(F)c(Br)c1. The summed E-state index contributed by atoms with van der Waals surface area (Å²) in [7, 11) is 2.10. The molecule has 16 heavy (non-hydrogen) atoms. The molecule has 0 heterocycles. The number of nitrogens with zero attached hydrogens (tertiary/aromatic N) is 1. The highest BCUT2D eigenvalue weighted by molar-refractivity contribution is 9.10. The third-order valence-corrected chi connectivity index (χ3v) is 3.68. The van der Waals surface area contributed by atoms with Gasteiger partial charge in [0.2, 0.25) is 0 Å². The smallest absolute Gasteiger partial charge is 0.137 e. The molecule has 0 aliphatic rings. The summed E-state index contributed by atoms with van der Waals surface area (Å²) < 4.78 is 13.6. The lowest BCUT2D eigenvalue weighted by Gasteiger charge is -2.27.